The van der Waals surface area contributed by atoms with Gasteiger partial charge in [0.15, 0.2) is 0 Å². The zero-order chi connectivity index (χ0) is 13.5. The van der Waals surface area contributed by atoms with Crippen molar-refractivity contribution in [2.45, 2.75) is 77.6 Å². The van der Waals surface area contributed by atoms with Crippen LogP contribution in [-0.2, 0) is 6.42 Å². The van der Waals surface area contributed by atoms with Crippen molar-refractivity contribution >= 4 is 12.4 Å². The van der Waals surface area contributed by atoms with E-state index in [1.54, 1.807) is 11.1 Å². The molecule has 1 heteroatoms. The van der Waals surface area contributed by atoms with E-state index in [-0.39, 0.29) is 12.4 Å². The summed E-state index contributed by atoms with van der Waals surface area (Å²) in [5.41, 5.74) is 3.14. The largest absolute Gasteiger partial charge is 0.147 e. The summed E-state index contributed by atoms with van der Waals surface area (Å²) in [7, 11) is 0. The van der Waals surface area contributed by atoms with Gasteiger partial charge in [0, 0.05) is 0 Å². The number of unbranched alkanes of at least 4 members (excludes halogenated alkanes) is 1. The van der Waals surface area contributed by atoms with Crippen molar-refractivity contribution in [1.29, 1.82) is 0 Å². The van der Waals surface area contributed by atoms with E-state index in [9.17, 15) is 0 Å². The molecule has 1 aromatic carbocycles. The standard InChI is InChI=1S/C19H30.ClH/c1-16(2)19-15-9-8-14-18(19)13-7-6-12-17-10-4-3-5-11-17;/h8-9,14-17H,3-7,10-13H2,1-2H3;1H. The van der Waals surface area contributed by atoms with Crippen molar-refractivity contribution in [2.24, 2.45) is 5.92 Å². The van der Waals surface area contributed by atoms with Crippen LogP contribution >= 0.6 is 12.4 Å². The van der Waals surface area contributed by atoms with Crippen LogP contribution in [0.25, 0.3) is 0 Å². The van der Waals surface area contributed by atoms with Crippen LogP contribution in [-0.4, -0.2) is 0 Å². The molecular weight excluding hydrogens is 264 g/mol. The van der Waals surface area contributed by atoms with Crippen LogP contribution in [0.2, 0.25) is 0 Å². The summed E-state index contributed by atoms with van der Waals surface area (Å²) in [4.78, 5) is 0. The van der Waals surface area contributed by atoms with Gasteiger partial charge in [-0.05, 0) is 35.8 Å². The Kier molecular flexibility index (Phi) is 8.30. The topological polar surface area (TPSA) is 0 Å². The molecule has 2 rings (SSSR count). The molecule has 20 heavy (non-hydrogen) atoms. The zero-order valence-corrected chi connectivity index (χ0v) is 14.1. The summed E-state index contributed by atoms with van der Waals surface area (Å²) in [6, 6.07) is 9.01. The van der Waals surface area contributed by atoms with Crippen molar-refractivity contribution in [3.8, 4) is 0 Å². The average molecular weight is 295 g/mol. The molecule has 0 atom stereocenters. The Morgan fingerprint density at radius 2 is 1.70 bits per heavy atom. The van der Waals surface area contributed by atoms with Gasteiger partial charge in [-0.15, -0.1) is 12.4 Å². The molecule has 1 saturated carbocycles. The third kappa shape index (κ3) is 5.48. The Morgan fingerprint density at radius 1 is 1.00 bits per heavy atom. The lowest BCUT2D eigenvalue weighted by Gasteiger charge is -2.21. The molecule has 0 nitrogen and oxygen atoms in total. The van der Waals surface area contributed by atoms with E-state index in [4.69, 9.17) is 0 Å². The van der Waals surface area contributed by atoms with E-state index in [1.807, 2.05) is 0 Å². The lowest BCUT2D eigenvalue weighted by molar-refractivity contribution is 0.330. The van der Waals surface area contributed by atoms with E-state index < -0.39 is 0 Å². The van der Waals surface area contributed by atoms with Gasteiger partial charge in [0.2, 0.25) is 0 Å². The fourth-order valence-electron chi connectivity index (χ4n) is 3.55. The first-order valence-corrected chi connectivity index (χ1v) is 8.35. The molecule has 1 aliphatic carbocycles. The second-order valence-corrected chi connectivity index (χ2v) is 6.60. The van der Waals surface area contributed by atoms with Gasteiger partial charge < -0.3 is 0 Å². The summed E-state index contributed by atoms with van der Waals surface area (Å²) in [6.45, 7) is 4.61. The van der Waals surface area contributed by atoms with Crippen molar-refractivity contribution in [1.82, 2.24) is 0 Å². The van der Waals surface area contributed by atoms with Gasteiger partial charge in [0.1, 0.15) is 0 Å². The molecule has 0 spiro atoms. The molecule has 0 radical (unpaired) electrons. The van der Waals surface area contributed by atoms with Crippen LogP contribution in [0.3, 0.4) is 0 Å². The smallest absolute Gasteiger partial charge is 0.0216 e. The predicted octanol–water partition coefficient (Wildman–Crippen LogP) is 6.52. The maximum absolute atomic E-state index is 2.33. The highest BCUT2D eigenvalue weighted by Crippen LogP contribution is 2.28. The number of hydrogen-bond acceptors (Lipinski definition) is 0. The first-order valence-electron chi connectivity index (χ1n) is 8.35. The van der Waals surface area contributed by atoms with Crippen LogP contribution in [0.4, 0.5) is 0 Å². The van der Waals surface area contributed by atoms with E-state index in [0.29, 0.717) is 5.92 Å². The molecule has 0 aliphatic heterocycles. The zero-order valence-electron chi connectivity index (χ0n) is 13.2. The van der Waals surface area contributed by atoms with Gasteiger partial charge in [-0.1, -0.05) is 83.1 Å². The van der Waals surface area contributed by atoms with Gasteiger partial charge >= 0.3 is 0 Å². The van der Waals surface area contributed by atoms with Crippen molar-refractivity contribution in [2.75, 3.05) is 0 Å². The summed E-state index contributed by atoms with van der Waals surface area (Å²) >= 11 is 0. The highest BCUT2D eigenvalue weighted by Gasteiger charge is 2.12. The van der Waals surface area contributed by atoms with E-state index in [2.05, 4.69) is 38.1 Å². The van der Waals surface area contributed by atoms with E-state index >= 15 is 0 Å². The maximum Gasteiger partial charge on any atom is -0.0216 e. The quantitative estimate of drug-likeness (QED) is 0.524. The van der Waals surface area contributed by atoms with Crippen molar-refractivity contribution < 1.29 is 0 Å². The summed E-state index contributed by atoms with van der Waals surface area (Å²) < 4.78 is 0. The van der Waals surface area contributed by atoms with Crippen LogP contribution in [0, 0.1) is 5.92 Å². The van der Waals surface area contributed by atoms with Crippen LogP contribution < -0.4 is 0 Å². The summed E-state index contributed by atoms with van der Waals surface area (Å²) in [5, 5.41) is 0. The molecule has 0 amide bonds. The lowest BCUT2D eigenvalue weighted by atomic mass is 9.85. The number of rotatable bonds is 6. The molecule has 1 aliphatic rings. The molecule has 114 valence electrons. The van der Waals surface area contributed by atoms with Gasteiger partial charge in [0.05, 0.1) is 0 Å². The fourth-order valence-corrected chi connectivity index (χ4v) is 3.55. The predicted molar refractivity (Wildman–Crippen MR) is 91.9 cm³/mol. The molecule has 1 fully saturated rings. The van der Waals surface area contributed by atoms with Gasteiger partial charge in [-0.3, -0.25) is 0 Å². The lowest BCUT2D eigenvalue weighted by Crippen LogP contribution is -2.06. The normalized spacial score (nSPS) is 16.1. The SMILES string of the molecule is CC(C)c1ccccc1CCCCC1CCCCC1.Cl. The first-order chi connectivity index (χ1) is 9.27. The number of benzene rings is 1. The van der Waals surface area contributed by atoms with Crippen molar-refractivity contribution in [3.63, 3.8) is 0 Å². The highest BCUT2D eigenvalue weighted by atomic mass is 35.5. The number of aryl methyl sites for hydroxylation is 1. The Labute approximate surface area is 131 Å². The second-order valence-electron chi connectivity index (χ2n) is 6.60. The van der Waals surface area contributed by atoms with Crippen LogP contribution in [0.15, 0.2) is 24.3 Å². The number of hydrogen-bond donors (Lipinski definition) is 0. The second kappa shape index (κ2) is 9.45. The molecule has 0 unspecified atom stereocenters. The summed E-state index contributed by atoms with van der Waals surface area (Å²) in [6.07, 6.45) is 13.0. The minimum atomic E-state index is 0. The highest BCUT2D eigenvalue weighted by molar-refractivity contribution is 5.85. The monoisotopic (exact) mass is 294 g/mol. The first kappa shape index (κ1) is 17.6. The third-order valence-corrected chi connectivity index (χ3v) is 4.71. The molecule has 0 saturated heterocycles. The minimum Gasteiger partial charge on any atom is -0.147 e. The Balaban J connectivity index is 0.00000200. The Morgan fingerprint density at radius 3 is 2.40 bits per heavy atom. The molecule has 0 N–H and O–H groups in total. The molecular formula is C19H31Cl. The Bertz CT molecular complexity index is 364. The van der Waals surface area contributed by atoms with Gasteiger partial charge in [-0.25, -0.2) is 0 Å². The van der Waals surface area contributed by atoms with E-state index in [0.717, 1.165) is 5.92 Å². The molecule has 0 heterocycles. The molecule has 0 bridgehead atoms. The number of halogens is 1. The molecule has 1 aromatic rings. The Hall–Kier alpha value is -0.490. The van der Waals surface area contributed by atoms with Crippen molar-refractivity contribution in [3.05, 3.63) is 35.4 Å². The summed E-state index contributed by atoms with van der Waals surface area (Å²) in [5.74, 6) is 1.71. The maximum atomic E-state index is 2.33. The fraction of sp³-hybridized carbons (Fsp3) is 0.684. The van der Waals surface area contributed by atoms with Gasteiger partial charge in [-0.2, -0.15) is 0 Å². The third-order valence-electron chi connectivity index (χ3n) is 4.71. The average Bonchev–Trinajstić information content (AvgIpc) is 2.45. The van der Waals surface area contributed by atoms with E-state index in [1.165, 1.54) is 57.8 Å². The van der Waals surface area contributed by atoms with Gasteiger partial charge in [0.25, 0.3) is 0 Å². The van der Waals surface area contributed by atoms with Crippen LogP contribution in [0.1, 0.15) is 82.3 Å². The molecule has 0 aromatic heterocycles. The van der Waals surface area contributed by atoms with Crippen LogP contribution in [0.5, 0.6) is 0 Å². The minimum absolute atomic E-state index is 0.